The summed E-state index contributed by atoms with van der Waals surface area (Å²) >= 11 is 7.40. The number of aromatic amines is 1. The molecular formula is C15H20N4S2. The lowest BCUT2D eigenvalue weighted by molar-refractivity contribution is 0.542. The lowest BCUT2D eigenvalue weighted by Crippen LogP contribution is -2.10. The first-order chi connectivity index (χ1) is 10.0. The third-order valence-electron chi connectivity index (χ3n) is 3.84. The predicted octanol–water partition coefficient (Wildman–Crippen LogP) is 4.17. The topological polar surface area (TPSA) is 38.5 Å². The first kappa shape index (κ1) is 14.5. The Labute approximate surface area is 133 Å². The molecule has 0 aliphatic heterocycles. The number of hydrogen-bond acceptors (Lipinski definition) is 3. The second-order valence-electron chi connectivity index (χ2n) is 5.49. The second-order valence-corrected chi connectivity index (χ2v) is 7.25. The number of aryl methyl sites for hydroxylation is 3. The van der Waals surface area contributed by atoms with Gasteiger partial charge in [0, 0.05) is 29.3 Å². The van der Waals surface area contributed by atoms with Gasteiger partial charge < -0.3 is 4.98 Å². The zero-order valence-corrected chi connectivity index (χ0v) is 14.4. The van der Waals surface area contributed by atoms with E-state index in [1.807, 2.05) is 23.1 Å². The lowest BCUT2D eigenvalue weighted by atomic mass is 10.2. The van der Waals surface area contributed by atoms with Crippen LogP contribution in [-0.4, -0.2) is 19.3 Å². The Morgan fingerprint density at radius 1 is 1.43 bits per heavy atom. The van der Waals surface area contributed by atoms with Crippen LogP contribution in [0, 0.1) is 11.7 Å². The third-order valence-corrected chi connectivity index (χ3v) is 5.16. The number of nitrogens with one attached hydrogen (secondary N) is 1. The number of aromatic nitrogens is 4. The average molecular weight is 320 g/mol. The van der Waals surface area contributed by atoms with Crippen LogP contribution in [0.3, 0.4) is 0 Å². The number of hydrogen-bond donors (Lipinski definition) is 1. The number of thiophene rings is 1. The molecule has 3 rings (SSSR count). The maximum absolute atomic E-state index is 5.54. The van der Waals surface area contributed by atoms with Crippen LogP contribution in [0.1, 0.15) is 35.3 Å². The fourth-order valence-electron chi connectivity index (χ4n) is 2.87. The Morgan fingerprint density at radius 3 is 2.81 bits per heavy atom. The summed E-state index contributed by atoms with van der Waals surface area (Å²) in [6.45, 7) is 6.48. The van der Waals surface area contributed by atoms with Crippen LogP contribution in [0.25, 0.3) is 11.2 Å². The van der Waals surface area contributed by atoms with Gasteiger partial charge in [-0.05, 0) is 44.6 Å². The highest BCUT2D eigenvalue weighted by Crippen LogP contribution is 2.26. The van der Waals surface area contributed by atoms with Crippen LogP contribution < -0.4 is 0 Å². The summed E-state index contributed by atoms with van der Waals surface area (Å²) < 4.78 is 4.93. The molecule has 1 N–H and O–H groups in total. The van der Waals surface area contributed by atoms with E-state index in [4.69, 9.17) is 12.2 Å². The first-order valence-corrected chi connectivity index (χ1v) is 8.45. The van der Waals surface area contributed by atoms with E-state index in [1.54, 1.807) is 0 Å². The molecule has 112 valence electrons. The van der Waals surface area contributed by atoms with Crippen molar-refractivity contribution in [2.24, 2.45) is 7.05 Å². The minimum absolute atomic E-state index is 0.310. The predicted molar refractivity (Wildman–Crippen MR) is 90.7 cm³/mol. The van der Waals surface area contributed by atoms with Crippen molar-refractivity contribution in [1.82, 2.24) is 19.3 Å². The van der Waals surface area contributed by atoms with E-state index in [-0.39, 0.29) is 0 Å². The molecule has 3 aromatic heterocycles. The molecule has 0 amide bonds. The van der Waals surface area contributed by atoms with Crippen molar-refractivity contribution in [1.29, 1.82) is 0 Å². The molecular weight excluding hydrogens is 300 g/mol. The largest absolute Gasteiger partial charge is 0.328 e. The highest BCUT2D eigenvalue weighted by molar-refractivity contribution is 7.71. The molecule has 3 heterocycles. The summed E-state index contributed by atoms with van der Waals surface area (Å²) in [6.07, 6.45) is 1.90. The Kier molecular flexibility index (Phi) is 3.75. The molecule has 4 nitrogen and oxygen atoms in total. The molecule has 6 heteroatoms. The van der Waals surface area contributed by atoms with Gasteiger partial charge in [0.2, 0.25) is 0 Å². The zero-order chi connectivity index (χ0) is 15.1. The highest BCUT2D eigenvalue weighted by Gasteiger charge is 2.18. The van der Waals surface area contributed by atoms with E-state index in [1.165, 1.54) is 9.75 Å². The molecule has 0 aromatic carbocycles. The number of nitrogens with zero attached hydrogens (tertiary/aromatic N) is 3. The highest BCUT2D eigenvalue weighted by atomic mass is 32.1. The average Bonchev–Trinajstić information content (AvgIpc) is 3.06. The van der Waals surface area contributed by atoms with Crippen LogP contribution in [0.5, 0.6) is 0 Å². The number of fused-ring (bicyclic) bond motifs is 1. The van der Waals surface area contributed by atoms with E-state index < -0.39 is 0 Å². The normalized spacial score (nSPS) is 13.1. The van der Waals surface area contributed by atoms with Gasteiger partial charge in [-0.25, -0.2) is 0 Å². The number of imidazole rings is 1. The molecule has 1 unspecified atom stereocenters. The fourth-order valence-corrected chi connectivity index (χ4v) is 4.25. The molecule has 0 bridgehead atoms. The van der Waals surface area contributed by atoms with E-state index in [0.29, 0.717) is 6.04 Å². The molecule has 0 aliphatic carbocycles. The number of rotatable bonds is 4. The van der Waals surface area contributed by atoms with Crippen molar-refractivity contribution in [2.75, 3.05) is 0 Å². The van der Waals surface area contributed by atoms with E-state index in [0.717, 1.165) is 34.5 Å². The summed E-state index contributed by atoms with van der Waals surface area (Å²) in [4.78, 5) is 6.09. The van der Waals surface area contributed by atoms with Crippen LogP contribution in [0.2, 0.25) is 0 Å². The summed E-state index contributed by atoms with van der Waals surface area (Å²) in [7, 11) is 1.99. The quantitative estimate of drug-likeness (QED) is 0.733. The summed E-state index contributed by atoms with van der Waals surface area (Å²) in [5, 5.41) is 4.58. The molecule has 0 fully saturated rings. The SMILES string of the molecule is CCc1nn(C)c2c1[nH]c(=S)n2C(C)Cc1ccc(C)s1. The van der Waals surface area contributed by atoms with E-state index in [9.17, 15) is 0 Å². The minimum atomic E-state index is 0.310. The first-order valence-electron chi connectivity index (χ1n) is 7.22. The maximum atomic E-state index is 5.54. The molecule has 0 saturated heterocycles. The monoisotopic (exact) mass is 320 g/mol. The Bertz CT molecular complexity index is 834. The summed E-state index contributed by atoms with van der Waals surface area (Å²) in [6, 6.07) is 4.70. The number of H-pyrrole nitrogens is 1. The molecule has 0 radical (unpaired) electrons. The standard InChI is InChI=1S/C15H20N4S2/c1-5-12-13-14(18(4)17-12)19(15(20)16-13)9(2)8-11-7-6-10(3)21-11/h6-7,9H,5,8H2,1-4H3,(H,16,20). The van der Waals surface area contributed by atoms with Gasteiger partial charge in [0.05, 0.1) is 5.69 Å². The van der Waals surface area contributed by atoms with Crippen molar-refractivity contribution >= 4 is 34.7 Å². The molecule has 0 aliphatic rings. The van der Waals surface area contributed by atoms with Gasteiger partial charge in [-0.1, -0.05) is 6.92 Å². The van der Waals surface area contributed by atoms with Gasteiger partial charge in [-0.3, -0.25) is 9.25 Å². The van der Waals surface area contributed by atoms with Crippen molar-refractivity contribution in [2.45, 2.75) is 39.7 Å². The molecule has 21 heavy (non-hydrogen) atoms. The Morgan fingerprint density at radius 2 is 2.19 bits per heavy atom. The molecule has 0 saturated carbocycles. The van der Waals surface area contributed by atoms with Crippen molar-refractivity contribution in [3.8, 4) is 0 Å². The second kappa shape index (κ2) is 5.42. The Hall–Kier alpha value is -1.40. The van der Waals surface area contributed by atoms with Crippen LogP contribution in [0.15, 0.2) is 12.1 Å². The van der Waals surface area contributed by atoms with Gasteiger partial charge in [-0.15, -0.1) is 11.3 Å². The lowest BCUT2D eigenvalue weighted by Gasteiger charge is -2.13. The van der Waals surface area contributed by atoms with E-state index in [2.05, 4.69) is 47.6 Å². The maximum Gasteiger partial charge on any atom is 0.179 e. The van der Waals surface area contributed by atoms with Gasteiger partial charge in [-0.2, -0.15) is 5.10 Å². The van der Waals surface area contributed by atoms with Gasteiger partial charge in [0.25, 0.3) is 0 Å². The van der Waals surface area contributed by atoms with Crippen molar-refractivity contribution < 1.29 is 0 Å². The molecule has 0 spiro atoms. The van der Waals surface area contributed by atoms with Crippen LogP contribution in [0.4, 0.5) is 0 Å². The fraction of sp³-hybridized carbons (Fsp3) is 0.467. The van der Waals surface area contributed by atoms with Crippen molar-refractivity contribution in [3.05, 3.63) is 32.4 Å². The summed E-state index contributed by atoms with van der Waals surface area (Å²) in [5.41, 5.74) is 3.26. The third kappa shape index (κ3) is 2.46. The smallest absolute Gasteiger partial charge is 0.179 e. The summed E-state index contributed by atoms with van der Waals surface area (Å²) in [5.74, 6) is 0. The van der Waals surface area contributed by atoms with Crippen molar-refractivity contribution in [3.63, 3.8) is 0 Å². The minimum Gasteiger partial charge on any atom is -0.328 e. The zero-order valence-electron chi connectivity index (χ0n) is 12.8. The van der Waals surface area contributed by atoms with Crippen LogP contribution >= 0.6 is 23.6 Å². The van der Waals surface area contributed by atoms with Gasteiger partial charge >= 0.3 is 0 Å². The van der Waals surface area contributed by atoms with Gasteiger partial charge in [0.1, 0.15) is 5.52 Å². The molecule has 3 aromatic rings. The van der Waals surface area contributed by atoms with Crippen LogP contribution in [-0.2, 0) is 19.9 Å². The van der Waals surface area contributed by atoms with Gasteiger partial charge in [0.15, 0.2) is 10.4 Å². The van der Waals surface area contributed by atoms with E-state index >= 15 is 0 Å². The molecule has 1 atom stereocenters. The Balaban J connectivity index is 2.05.